The van der Waals surface area contributed by atoms with Crippen molar-refractivity contribution in [2.24, 2.45) is 5.41 Å². The molecule has 0 spiro atoms. The van der Waals surface area contributed by atoms with Crippen molar-refractivity contribution in [1.29, 1.82) is 0 Å². The minimum atomic E-state index is -4.51. The monoisotopic (exact) mass is 296 g/mol. The Kier molecular flexibility index (Phi) is 3.65. The standard InChI is InChI=1S/C10H12F4N4O2/c11-6(12)10(13,14)7-15-16-17-18(7)5-9(8(19)20)3-1-2-4-9/h6H,1-5H2,(H,19,20). The van der Waals surface area contributed by atoms with E-state index in [4.69, 9.17) is 0 Å². The summed E-state index contributed by atoms with van der Waals surface area (Å²) in [5.41, 5.74) is -1.28. The number of aromatic nitrogens is 4. The molecule has 1 saturated carbocycles. The summed E-state index contributed by atoms with van der Waals surface area (Å²) < 4.78 is 51.8. The maximum absolute atomic E-state index is 13.3. The summed E-state index contributed by atoms with van der Waals surface area (Å²) in [5.74, 6) is -6.97. The van der Waals surface area contributed by atoms with Crippen LogP contribution in [0.25, 0.3) is 0 Å². The molecule has 0 amide bonds. The fraction of sp³-hybridized carbons (Fsp3) is 0.800. The van der Waals surface area contributed by atoms with Gasteiger partial charge in [0.15, 0.2) is 0 Å². The summed E-state index contributed by atoms with van der Waals surface area (Å²) in [5, 5.41) is 18.4. The second-order valence-corrected chi connectivity index (χ2v) is 4.88. The van der Waals surface area contributed by atoms with Gasteiger partial charge in [-0.05, 0) is 23.3 Å². The van der Waals surface area contributed by atoms with E-state index in [0.717, 1.165) is 0 Å². The van der Waals surface area contributed by atoms with Crippen molar-refractivity contribution in [1.82, 2.24) is 20.2 Å². The Morgan fingerprint density at radius 3 is 2.50 bits per heavy atom. The van der Waals surface area contributed by atoms with E-state index < -0.39 is 36.1 Å². The number of carbonyl (C=O) groups is 1. The lowest BCUT2D eigenvalue weighted by Gasteiger charge is -2.24. The van der Waals surface area contributed by atoms with Crippen LogP contribution in [0.1, 0.15) is 31.5 Å². The van der Waals surface area contributed by atoms with Crippen molar-refractivity contribution in [3.05, 3.63) is 5.82 Å². The molecule has 0 bridgehead atoms. The van der Waals surface area contributed by atoms with Gasteiger partial charge in [0.2, 0.25) is 5.82 Å². The predicted octanol–water partition coefficient (Wildman–Crippen LogP) is 1.68. The van der Waals surface area contributed by atoms with Crippen LogP contribution in [0.2, 0.25) is 0 Å². The molecule has 0 aliphatic heterocycles. The number of rotatable bonds is 5. The third kappa shape index (κ3) is 2.34. The number of hydrogen-bond donors (Lipinski definition) is 1. The number of carboxylic acid groups (broad SMARTS) is 1. The molecule has 1 aromatic rings. The van der Waals surface area contributed by atoms with Gasteiger partial charge in [-0.2, -0.15) is 8.78 Å². The Hall–Kier alpha value is -1.74. The summed E-state index contributed by atoms with van der Waals surface area (Å²) in [6.45, 7) is -0.438. The van der Waals surface area contributed by atoms with Crippen molar-refractivity contribution < 1.29 is 27.5 Å². The third-order valence-electron chi connectivity index (χ3n) is 3.57. The van der Waals surface area contributed by atoms with Crippen LogP contribution in [0.3, 0.4) is 0 Å². The van der Waals surface area contributed by atoms with Crippen LogP contribution >= 0.6 is 0 Å². The fourth-order valence-electron chi connectivity index (χ4n) is 2.43. The molecule has 1 aliphatic rings. The van der Waals surface area contributed by atoms with Crippen molar-refractivity contribution in [3.8, 4) is 0 Å². The highest BCUT2D eigenvalue weighted by Gasteiger charge is 2.50. The van der Waals surface area contributed by atoms with E-state index in [9.17, 15) is 27.5 Å². The lowest BCUT2D eigenvalue weighted by Crippen LogP contribution is -2.36. The highest BCUT2D eigenvalue weighted by molar-refractivity contribution is 5.74. The van der Waals surface area contributed by atoms with Crippen LogP contribution in [0.5, 0.6) is 0 Å². The first-order valence-electron chi connectivity index (χ1n) is 5.95. The molecule has 0 aromatic carbocycles. The number of halogens is 4. The average Bonchev–Trinajstić information content (AvgIpc) is 2.99. The van der Waals surface area contributed by atoms with Crippen LogP contribution < -0.4 is 0 Å². The molecule has 112 valence electrons. The molecular weight excluding hydrogens is 284 g/mol. The normalized spacial score (nSPS) is 18.6. The van der Waals surface area contributed by atoms with Gasteiger partial charge in [0.25, 0.3) is 0 Å². The van der Waals surface area contributed by atoms with Crippen molar-refractivity contribution in [3.63, 3.8) is 0 Å². The smallest absolute Gasteiger partial charge is 0.367 e. The number of alkyl halides is 4. The Morgan fingerprint density at radius 2 is 2.00 bits per heavy atom. The maximum atomic E-state index is 13.3. The number of hydrogen-bond acceptors (Lipinski definition) is 4. The first-order chi connectivity index (χ1) is 9.29. The number of tetrazole rings is 1. The number of nitrogens with zero attached hydrogens (tertiary/aromatic N) is 4. The molecule has 0 unspecified atom stereocenters. The van der Waals surface area contributed by atoms with Crippen molar-refractivity contribution >= 4 is 5.97 Å². The summed E-state index contributed by atoms with van der Waals surface area (Å²) in [4.78, 5) is 11.3. The van der Waals surface area contributed by atoms with Gasteiger partial charge < -0.3 is 5.11 Å². The van der Waals surface area contributed by atoms with E-state index in [1.165, 1.54) is 0 Å². The van der Waals surface area contributed by atoms with E-state index in [-0.39, 0.29) is 12.8 Å². The number of aliphatic carboxylic acids is 1. The second kappa shape index (κ2) is 4.98. The van der Waals surface area contributed by atoms with Gasteiger partial charge in [0.1, 0.15) is 0 Å². The van der Waals surface area contributed by atoms with Crippen molar-refractivity contribution in [2.75, 3.05) is 0 Å². The molecule has 1 N–H and O–H groups in total. The fourth-order valence-corrected chi connectivity index (χ4v) is 2.43. The van der Waals surface area contributed by atoms with Gasteiger partial charge in [-0.15, -0.1) is 5.10 Å². The van der Waals surface area contributed by atoms with E-state index >= 15 is 0 Å². The lowest BCUT2D eigenvalue weighted by molar-refractivity contribution is -0.152. The second-order valence-electron chi connectivity index (χ2n) is 4.88. The van der Waals surface area contributed by atoms with Gasteiger partial charge in [0.05, 0.1) is 12.0 Å². The minimum Gasteiger partial charge on any atom is -0.481 e. The summed E-state index contributed by atoms with van der Waals surface area (Å²) in [6, 6.07) is 0. The third-order valence-corrected chi connectivity index (χ3v) is 3.57. The SMILES string of the molecule is O=C(O)C1(Cn2nnnc2C(F)(F)C(F)F)CCCC1. The van der Waals surface area contributed by atoms with Gasteiger partial charge in [-0.1, -0.05) is 12.8 Å². The predicted molar refractivity (Wildman–Crippen MR) is 56.3 cm³/mol. The molecule has 1 fully saturated rings. The Balaban J connectivity index is 2.31. The van der Waals surface area contributed by atoms with Crippen LogP contribution in [0, 0.1) is 5.41 Å². The molecule has 0 atom stereocenters. The van der Waals surface area contributed by atoms with Crippen LogP contribution in [0.4, 0.5) is 17.6 Å². The molecule has 10 heteroatoms. The highest BCUT2D eigenvalue weighted by atomic mass is 19.3. The largest absolute Gasteiger partial charge is 0.481 e. The number of carboxylic acids is 1. The van der Waals surface area contributed by atoms with Gasteiger partial charge in [0, 0.05) is 0 Å². The molecule has 1 aromatic heterocycles. The maximum Gasteiger partial charge on any atom is 0.367 e. The molecule has 1 aliphatic carbocycles. The van der Waals surface area contributed by atoms with Crippen LogP contribution in [-0.2, 0) is 17.3 Å². The zero-order chi connectivity index (χ0) is 15.0. The van der Waals surface area contributed by atoms with E-state index in [1.54, 1.807) is 0 Å². The summed E-state index contributed by atoms with van der Waals surface area (Å²) >= 11 is 0. The van der Waals surface area contributed by atoms with Crippen molar-refractivity contribution in [2.45, 2.75) is 44.6 Å². The average molecular weight is 296 g/mol. The van der Waals surface area contributed by atoms with Crippen LogP contribution in [0.15, 0.2) is 0 Å². The molecule has 2 rings (SSSR count). The molecule has 6 nitrogen and oxygen atoms in total. The minimum absolute atomic E-state index is 0.280. The van der Waals surface area contributed by atoms with E-state index in [0.29, 0.717) is 17.5 Å². The Labute approximate surface area is 110 Å². The Bertz CT molecular complexity index is 499. The van der Waals surface area contributed by atoms with Crippen LogP contribution in [-0.4, -0.2) is 37.7 Å². The first-order valence-corrected chi connectivity index (χ1v) is 5.95. The topological polar surface area (TPSA) is 80.9 Å². The Morgan fingerprint density at radius 1 is 1.40 bits per heavy atom. The first kappa shape index (κ1) is 14.7. The molecule has 0 radical (unpaired) electrons. The quantitative estimate of drug-likeness (QED) is 0.836. The molecule has 20 heavy (non-hydrogen) atoms. The zero-order valence-corrected chi connectivity index (χ0v) is 10.3. The lowest BCUT2D eigenvalue weighted by atomic mass is 9.86. The zero-order valence-electron chi connectivity index (χ0n) is 10.3. The van der Waals surface area contributed by atoms with Gasteiger partial charge >= 0.3 is 18.3 Å². The summed E-state index contributed by atoms with van der Waals surface area (Å²) in [6.07, 6.45) is -2.13. The van der Waals surface area contributed by atoms with E-state index in [1.807, 2.05) is 0 Å². The summed E-state index contributed by atoms with van der Waals surface area (Å²) in [7, 11) is 0. The highest BCUT2D eigenvalue weighted by Crippen LogP contribution is 2.41. The molecular formula is C10H12F4N4O2. The van der Waals surface area contributed by atoms with Gasteiger partial charge in [-0.3, -0.25) is 4.79 Å². The molecule has 1 heterocycles. The molecule has 0 saturated heterocycles. The van der Waals surface area contributed by atoms with E-state index in [2.05, 4.69) is 15.5 Å². The van der Waals surface area contributed by atoms with Gasteiger partial charge in [-0.25, -0.2) is 13.5 Å².